The number of nitrogens with one attached hydrogen (secondary N) is 1. The molecule has 0 radical (unpaired) electrons. The number of carbonyl (C=O) groups is 2. The second-order valence-electron chi connectivity index (χ2n) is 21.5. The van der Waals surface area contributed by atoms with Crippen LogP contribution >= 0.6 is 7.82 Å². The Balaban J connectivity index is 5.18. The van der Waals surface area contributed by atoms with Crippen LogP contribution in [0.5, 0.6) is 0 Å². The summed E-state index contributed by atoms with van der Waals surface area (Å²) in [6.07, 6.45) is 70.1. The first kappa shape index (κ1) is 71.2. The van der Waals surface area contributed by atoms with Gasteiger partial charge in [-0.1, -0.05) is 247 Å². The van der Waals surface area contributed by atoms with Crippen molar-refractivity contribution >= 4 is 19.7 Å². The summed E-state index contributed by atoms with van der Waals surface area (Å²) in [5, 5.41) is 3.04. The Hall–Kier alpha value is -2.81. The molecule has 0 saturated carbocycles. The Kier molecular flexibility index (Phi) is 51.5. The van der Waals surface area contributed by atoms with Crippen LogP contribution in [0.4, 0.5) is 0 Å². The highest BCUT2D eigenvalue weighted by Crippen LogP contribution is 2.43. The molecule has 0 bridgehead atoms. The zero-order chi connectivity index (χ0) is 54.3. The fourth-order valence-electron chi connectivity index (χ4n) is 8.41. The summed E-state index contributed by atoms with van der Waals surface area (Å²) in [7, 11) is 1.48. The lowest BCUT2D eigenvalue weighted by molar-refractivity contribution is -0.870. The molecular formula is C64H116N2O7P+. The molecule has 74 heavy (non-hydrogen) atoms. The van der Waals surface area contributed by atoms with Crippen LogP contribution in [0.1, 0.15) is 258 Å². The van der Waals surface area contributed by atoms with Crippen molar-refractivity contribution in [1.82, 2.24) is 5.32 Å². The minimum atomic E-state index is -4.45. The van der Waals surface area contributed by atoms with Gasteiger partial charge in [-0.15, -0.1) is 0 Å². The number of phosphoric ester groups is 1. The van der Waals surface area contributed by atoms with Crippen molar-refractivity contribution in [3.8, 4) is 0 Å². The fraction of sp³-hybridized carbons (Fsp3) is 0.750. The summed E-state index contributed by atoms with van der Waals surface area (Å²) in [5.74, 6) is -0.523. The van der Waals surface area contributed by atoms with Crippen LogP contribution in [-0.4, -0.2) is 74.3 Å². The largest absolute Gasteiger partial charge is 0.472 e. The van der Waals surface area contributed by atoms with E-state index in [-0.39, 0.29) is 31.5 Å². The lowest BCUT2D eigenvalue weighted by atomic mass is 10.0. The van der Waals surface area contributed by atoms with E-state index in [4.69, 9.17) is 13.8 Å². The summed E-state index contributed by atoms with van der Waals surface area (Å²) in [4.78, 5) is 37.6. The molecule has 0 aliphatic rings. The van der Waals surface area contributed by atoms with Gasteiger partial charge >= 0.3 is 13.8 Å². The molecule has 0 saturated heterocycles. The Bertz CT molecular complexity index is 1540. The topological polar surface area (TPSA) is 111 Å². The maximum absolute atomic E-state index is 13.5. The monoisotopic (exact) mass is 1060 g/mol. The molecule has 0 aliphatic carbocycles. The summed E-state index contributed by atoms with van der Waals surface area (Å²) < 4.78 is 30.6. The first-order valence-electron chi connectivity index (χ1n) is 30.4. The molecule has 0 aliphatic heterocycles. The predicted molar refractivity (Wildman–Crippen MR) is 318 cm³/mol. The van der Waals surface area contributed by atoms with Crippen molar-refractivity contribution in [2.45, 2.75) is 270 Å². The number of likely N-dealkylation sites (N-methyl/N-ethyl adjacent to an activating group) is 1. The molecule has 428 valence electrons. The molecule has 1 amide bonds. The number of amides is 1. The molecule has 0 rings (SSSR count). The van der Waals surface area contributed by atoms with E-state index < -0.39 is 20.0 Å². The second kappa shape index (κ2) is 53.6. The molecule has 9 nitrogen and oxygen atoms in total. The number of hydrogen-bond donors (Lipinski definition) is 2. The molecule has 0 aromatic rings. The molecule has 0 aromatic carbocycles. The first-order chi connectivity index (χ1) is 35.9. The highest BCUT2D eigenvalue weighted by Gasteiger charge is 2.30. The molecule has 3 atom stereocenters. The number of phosphoric acid groups is 1. The zero-order valence-electron chi connectivity index (χ0n) is 48.8. The van der Waals surface area contributed by atoms with Crippen molar-refractivity contribution in [2.24, 2.45) is 0 Å². The summed E-state index contributed by atoms with van der Waals surface area (Å²) in [6, 6.07) is -0.855. The average Bonchev–Trinajstić information content (AvgIpc) is 3.36. The van der Waals surface area contributed by atoms with E-state index in [0.29, 0.717) is 17.4 Å². The molecule has 10 heteroatoms. The van der Waals surface area contributed by atoms with E-state index in [1.807, 2.05) is 33.3 Å². The molecule has 2 N–H and O–H groups in total. The smallest absolute Gasteiger partial charge is 0.456 e. The normalized spacial score (nSPS) is 14.3. The third-order valence-corrected chi connectivity index (χ3v) is 14.1. The van der Waals surface area contributed by atoms with Crippen LogP contribution in [-0.2, 0) is 27.9 Å². The van der Waals surface area contributed by atoms with E-state index in [1.165, 1.54) is 103 Å². The number of carbonyl (C=O) groups excluding carboxylic acids is 2. The number of unbranched alkanes of at least 4 members (excludes halogenated alkanes) is 26. The van der Waals surface area contributed by atoms with Gasteiger partial charge in [0.15, 0.2) is 0 Å². The van der Waals surface area contributed by atoms with E-state index in [1.54, 1.807) is 0 Å². The van der Waals surface area contributed by atoms with Crippen LogP contribution in [0.2, 0.25) is 0 Å². The predicted octanol–water partition coefficient (Wildman–Crippen LogP) is 18.6. The Morgan fingerprint density at radius 2 is 0.865 bits per heavy atom. The average molecular weight is 1060 g/mol. The summed E-state index contributed by atoms with van der Waals surface area (Å²) in [6.45, 7) is 6.88. The second-order valence-corrected chi connectivity index (χ2v) is 23.0. The van der Waals surface area contributed by atoms with E-state index in [2.05, 4.69) is 99.0 Å². The van der Waals surface area contributed by atoms with Gasteiger partial charge in [0.2, 0.25) is 5.91 Å². The van der Waals surface area contributed by atoms with Gasteiger partial charge in [0.25, 0.3) is 0 Å². The maximum Gasteiger partial charge on any atom is 0.472 e. The van der Waals surface area contributed by atoms with Gasteiger partial charge in [-0.2, -0.15) is 0 Å². The molecule has 0 spiro atoms. The Morgan fingerprint density at radius 3 is 1.30 bits per heavy atom. The van der Waals surface area contributed by atoms with Gasteiger partial charge in [0.05, 0.1) is 33.8 Å². The van der Waals surface area contributed by atoms with Gasteiger partial charge in [-0.25, -0.2) is 4.57 Å². The third-order valence-electron chi connectivity index (χ3n) is 13.1. The van der Waals surface area contributed by atoms with Gasteiger partial charge in [-0.3, -0.25) is 18.6 Å². The lowest BCUT2D eigenvalue weighted by Gasteiger charge is -2.27. The SMILES string of the molecule is CC/C=C\C/C=C\C/C=C\C/C=C\C/C=C\C/C=C\CCCCCCCCC(=O)OC(/C=C\CCCCCCCCCCCC)C(COP(=O)(O)OCC[N+](C)(C)C)NC(=O)CCCCCCCCCCCCC. The van der Waals surface area contributed by atoms with Gasteiger partial charge < -0.3 is 19.4 Å². The van der Waals surface area contributed by atoms with Crippen LogP contribution in [0.15, 0.2) is 85.1 Å². The number of allylic oxidation sites excluding steroid dienone is 13. The maximum atomic E-state index is 13.5. The summed E-state index contributed by atoms with van der Waals surface area (Å²) in [5.41, 5.74) is 0. The molecule has 3 unspecified atom stereocenters. The number of hydrogen-bond acceptors (Lipinski definition) is 6. The Morgan fingerprint density at radius 1 is 0.486 bits per heavy atom. The molecule has 0 heterocycles. The van der Waals surface area contributed by atoms with Crippen molar-refractivity contribution in [3.05, 3.63) is 85.1 Å². The first-order valence-corrected chi connectivity index (χ1v) is 31.9. The molecule has 0 aromatic heterocycles. The van der Waals surface area contributed by atoms with Crippen molar-refractivity contribution < 1.29 is 37.3 Å². The number of quaternary nitrogens is 1. The van der Waals surface area contributed by atoms with Crippen molar-refractivity contribution in [2.75, 3.05) is 40.9 Å². The highest BCUT2D eigenvalue weighted by molar-refractivity contribution is 7.47. The van der Waals surface area contributed by atoms with Gasteiger partial charge in [0, 0.05) is 12.8 Å². The van der Waals surface area contributed by atoms with Crippen LogP contribution < -0.4 is 5.32 Å². The quantitative estimate of drug-likeness (QED) is 0.0205. The minimum Gasteiger partial charge on any atom is -0.456 e. The van der Waals surface area contributed by atoms with Crippen LogP contribution in [0, 0.1) is 0 Å². The molecular weight excluding hydrogens is 940 g/mol. The van der Waals surface area contributed by atoms with Crippen molar-refractivity contribution in [1.29, 1.82) is 0 Å². The van der Waals surface area contributed by atoms with E-state index in [0.717, 1.165) is 122 Å². The standard InChI is InChI=1S/C64H115N2O7P/c1-7-10-13-16-19-22-25-27-28-29-30-31-32-33-34-35-36-37-38-39-42-45-48-51-54-57-64(68)73-62(55-52-49-46-43-41-26-23-20-17-14-11-8-2)61(60-72-74(69,70)71-59-58-66(4,5)6)65-63(67)56-53-50-47-44-40-24-21-18-15-12-9-3/h10,13,19,22,27-28,30-31,33-34,36-37,52,55,61-62H,7-9,11-12,14-18,20-21,23-26,29,32,35,38-51,53-54,56-60H2,1-6H3,(H-,65,67,69,70)/p+1/b13-10-,22-19-,28-27-,31-30-,34-33-,37-36-,55-52-. The van der Waals surface area contributed by atoms with Gasteiger partial charge in [-0.05, 0) is 83.1 Å². The van der Waals surface area contributed by atoms with Crippen LogP contribution in [0.3, 0.4) is 0 Å². The fourth-order valence-corrected chi connectivity index (χ4v) is 9.15. The number of nitrogens with zero attached hydrogens (tertiary/aromatic N) is 1. The lowest BCUT2D eigenvalue weighted by Crippen LogP contribution is -2.47. The third kappa shape index (κ3) is 54.0. The van der Waals surface area contributed by atoms with E-state index in [9.17, 15) is 19.0 Å². The number of rotatable bonds is 54. The van der Waals surface area contributed by atoms with Gasteiger partial charge in [0.1, 0.15) is 19.3 Å². The molecule has 0 fully saturated rings. The number of ether oxygens (including phenoxy) is 1. The van der Waals surface area contributed by atoms with Crippen molar-refractivity contribution in [3.63, 3.8) is 0 Å². The summed E-state index contributed by atoms with van der Waals surface area (Å²) >= 11 is 0. The number of esters is 1. The zero-order valence-corrected chi connectivity index (χ0v) is 49.7. The van der Waals surface area contributed by atoms with E-state index >= 15 is 0 Å². The minimum absolute atomic E-state index is 0.0355. The Labute approximate surface area is 456 Å². The highest BCUT2D eigenvalue weighted by atomic mass is 31.2. The van der Waals surface area contributed by atoms with Crippen LogP contribution in [0.25, 0.3) is 0 Å².